The quantitative estimate of drug-likeness (QED) is 0.634. The van der Waals surface area contributed by atoms with Gasteiger partial charge in [0.1, 0.15) is 5.75 Å². The van der Waals surface area contributed by atoms with E-state index in [0.717, 1.165) is 0 Å². The Morgan fingerprint density at radius 3 is 2.64 bits per heavy atom. The van der Waals surface area contributed by atoms with E-state index >= 15 is 0 Å². The van der Waals surface area contributed by atoms with E-state index in [2.05, 4.69) is 4.74 Å². The fraction of sp³-hybridized carbons (Fsp3) is 0.471. The number of aliphatic hydroxyl groups is 2. The molecular formula is C17H18O8. The zero-order valence-corrected chi connectivity index (χ0v) is 13.7. The van der Waals surface area contributed by atoms with E-state index in [1.807, 2.05) is 0 Å². The van der Waals surface area contributed by atoms with Crippen LogP contribution in [0.2, 0.25) is 0 Å². The van der Waals surface area contributed by atoms with Gasteiger partial charge in [0.2, 0.25) is 5.78 Å². The lowest BCUT2D eigenvalue weighted by Crippen LogP contribution is -2.75. The first kappa shape index (κ1) is 17.5. The molecule has 1 fully saturated rings. The minimum atomic E-state index is -2.57. The summed E-state index contributed by atoms with van der Waals surface area (Å²) in [5, 5.41) is 31.9. The summed E-state index contributed by atoms with van der Waals surface area (Å²) in [4.78, 5) is 37.2. The van der Waals surface area contributed by atoms with Gasteiger partial charge in [0.15, 0.2) is 17.0 Å². The Morgan fingerprint density at radius 1 is 1.32 bits per heavy atom. The molecule has 0 radical (unpaired) electrons. The third kappa shape index (κ3) is 2.21. The fourth-order valence-electron chi connectivity index (χ4n) is 3.67. The van der Waals surface area contributed by atoms with Crippen molar-refractivity contribution in [1.29, 1.82) is 0 Å². The molecule has 0 saturated carbocycles. The van der Waals surface area contributed by atoms with Crippen molar-refractivity contribution in [3.8, 4) is 5.75 Å². The van der Waals surface area contributed by atoms with Crippen molar-refractivity contribution in [2.75, 3.05) is 7.11 Å². The van der Waals surface area contributed by atoms with Gasteiger partial charge < -0.3 is 24.8 Å². The third-order valence-corrected chi connectivity index (χ3v) is 5.00. The summed E-state index contributed by atoms with van der Waals surface area (Å²) in [5.41, 5.74) is -5.56. The van der Waals surface area contributed by atoms with Crippen molar-refractivity contribution >= 4 is 17.5 Å². The number of esters is 1. The average molecular weight is 350 g/mol. The SMILES string of the molecule is COC(=O)C[C@H]1C[C@@]2(O)C(=O)c3cccc(O)c3C(=O)[C@]2(O)[C@@H](C)O1. The molecule has 0 amide bonds. The van der Waals surface area contributed by atoms with Gasteiger partial charge in [0, 0.05) is 12.0 Å². The van der Waals surface area contributed by atoms with Gasteiger partial charge in [-0.1, -0.05) is 12.1 Å². The van der Waals surface area contributed by atoms with Crippen LogP contribution in [0.15, 0.2) is 18.2 Å². The first-order valence-corrected chi connectivity index (χ1v) is 7.75. The lowest BCUT2D eigenvalue weighted by atomic mass is 9.61. The van der Waals surface area contributed by atoms with Crippen LogP contribution in [0.3, 0.4) is 0 Å². The van der Waals surface area contributed by atoms with Gasteiger partial charge in [0.25, 0.3) is 0 Å². The lowest BCUT2D eigenvalue weighted by molar-refractivity contribution is -0.228. The summed E-state index contributed by atoms with van der Waals surface area (Å²) in [7, 11) is 1.19. The molecule has 134 valence electrons. The number of rotatable bonds is 2. The van der Waals surface area contributed by atoms with Crippen molar-refractivity contribution in [3.05, 3.63) is 29.3 Å². The number of ether oxygens (including phenoxy) is 2. The molecular weight excluding hydrogens is 332 g/mol. The maximum absolute atomic E-state index is 12.9. The molecule has 1 aliphatic heterocycles. The van der Waals surface area contributed by atoms with Crippen LogP contribution in [0.4, 0.5) is 0 Å². The number of methoxy groups -OCH3 is 1. The molecule has 25 heavy (non-hydrogen) atoms. The van der Waals surface area contributed by atoms with Crippen LogP contribution in [0.1, 0.15) is 40.5 Å². The summed E-state index contributed by atoms with van der Waals surface area (Å²) in [6.45, 7) is 1.32. The molecule has 1 saturated heterocycles. The molecule has 8 nitrogen and oxygen atoms in total. The predicted octanol–water partition coefficient (Wildman–Crippen LogP) is -0.0261. The van der Waals surface area contributed by atoms with Gasteiger partial charge in [-0.05, 0) is 13.0 Å². The van der Waals surface area contributed by atoms with Gasteiger partial charge in [-0.15, -0.1) is 0 Å². The Labute approximate surface area is 143 Å². The Hall–Kier alpha value is -2.29. The number of benzene rings is 1. The normalized spacial score (nSPS) is 34.2. The van der Waals surface area contributed by atoms with Crippen LogP contribution in [0.25, 0.3) is 0 Å². The van der Waals surface area contributed by atoms with Gasteiger partial charge in [-0.2, -0.15) is 0 Å². The summed E-state index contributed by atoms with van der Waals surface area (Å²) >= 11 is 0. The zero-order valence-electron chi connectivity index (χ0n) is 13.7. The van der Waals surface area contributed by atoms with E-state index < -0.39 is 53.1 Å². The Bertz CT molecular complexity index is 772. The van der Waals surface area contributed by atoms with Crippen LogP contribution >= 0.6 is 0 Å². The number of phenols is 1. The topological polar surface area (TPSA) is 130 Å². The molecule has 1 aliphatic carbocycles. The van der Waals surface area contributed by atoms with Crippen molar-refractivity contribution in [3.63, 3.8) is 0 Å². The monoisotopic (exact) mass is 350 g/mol. The van der Waals surface area contributed by atoms with Gasteiger partial charge in [-0.3, -0.25) is 14.4 Å². The van der Waals surface area contributed by atoms with Crippen molar-refractivity contribution < 1.29 is 39.2 Å². The van der Waals surface area contributed by atoms with Gasteiger partial charge in [-0.25, -0.2) is 0 Å². The minimum absolute atomic E-state index is 0.178. The number of ketones is 2. The van der Waals surface area contributed by atoms with Crippen molar-refractivity contribution in [2.24, 2.45) is 0 Å². The largest absolute Gasteiger partial charge is 0.507 e. The zero-order chi connectivity index (χ0) is 18.6. The number of carbonyl (C=O) groups is 3. The van der Waals surface area contributed by atoms with E-state index in [1.165, 1.54) is 32.2 Å². The third-order valence-electron chi connectivity index (χ3n) is 5.00. The number of Topliss-reactive ketones (excluding diaryl/α,β-unsaturated/α-hetero) is 2. The molecule has 2 aliphatic rings. The van der Waals surface area contributed by atoms with Crippen molar-refractivity contribution in [1.82, 2.24) is 0 Å². The molecule has 0 spiro atoms. The van der Waals surface area contributed by atoms with Crippen LogP contribution < -0.4 is 0 Å². The van der Waals surface area contributed by atoms with Gasteiger partial charge in [0.05, 0.1) is 31.3 Å². The molecule has 1 aromatic carbocycles. The summed E-state index contributed by atoms with van der Waals surface area (Å²) in [6, 6.07) is 3.87. The van der Waals surface area contributed by atoms with E-state index in [1.54, 1.807) is 0 Å². The van der Waals surface area contributed by atoms with E-state index in [-0.39, 0.29) is 17.5 Å². The fourth-order valence-corrected chi connectivity index (χ4v) is 3.67. The number of aromatic hydroxyl groups is 1. The van der Waals surface area contributed by atoms with E-state index in [9.17, 15) is 29.7 Å². The highest BCUT2D eigenvalue weighted by atomic mass is 16.5. The molecule has 0 bridgehead atoms. The Balaban J connectivity index is 2.12. The molecule has 1 heterocycles. The molecule has 4 atom stereocenters. The molecule has 3 rings (SSSR count). The second kappa shape index (κ2) is 5.62. The Morgan fingerprint density at radius 2 is 2.00 bits per heavy atom. The first-order valence-electron chi connectivity index (χ1n) is 7.75. The van der Waals surface area contributed by atoms with Crippen molar-refractivity contribution in [2.45, 2.75) is 43.2 Å². The molecule has 1 aromatic rings. The number of hydrogen-bond donors (Lipinski definition) is 3. The number of hydrogen-bond acceptors (Lipinski definition) is 8. The average Bonchev–Trinajstić information content (AvgIpc) is 2.56. The maximum Gasteiger partial charge on any atom is 0.308 e. The molecule has 0 aromatic heterocycles. The number of fused-ring (bicyclic) bond motifs is 2. The molecule has 0 unspecified atom stereocenters. The first-order chi connectivity index (χ1) is 11.7. The van der Waals surface area contributed by atoms with Crippen LogP contribution in [0.5, 0.6) is 5.75 Å². The smallest absolute Gasteiger partial charge is 0.308 e. The molecule has 3 N–H and O–H groups in total. The number of phenolic OH excluding ortho intramolecular Hbond substituents is 1. The second-order valence-corrected chi connectivity index (χ2v) is 6.37. The molecule has 8 heteroatoms. The minimum Gasteiger partial charge on any atom is -0.507 e. The predicted molar refractivity (Wildman–Crippen MR) is 82.3 cm³/mol. The Kier molecular flexibility index (Phi) is 3.94. The standard InChI is InChI=1S/C17H18O8/c1-8-17(23)15(21)13-10(4-3-5-11(13)18)14(20)16(17,22)7-9(25-8)6-12(19)24-2/h3-5,8-9,18,22-23H,6-7H2,1-2H3/t8-,9+,16-,17-/m1/s1. The maximum atomic E-state index is 12.9. The second-order valence-electron chi connectivity index (χ2n) is 6.37. The van der Waals surface area contributed by atoms with Gasteiger partial charge >= 0.3 is 5.97 Å². The highest BCUT2D eigenvalue weighted by molar-refractivity contribution is 6.23. The highest BCUT2D eigenvalue weighted by Gasteiger charge is 2.69. The highest BCUT2D eigenvalue weighted by Crippen LogP contribution is 2.48. The van der Waals surface area contributed by atoms with E-state index in [0.29, 0.717) is 0 Å². The van der Waals surface area contributed by atoms with Crippen LogP contribution in [-0.2, 0) is 14.3 Å². The number of carbonyl (C=O) groups excluding carboxylic acids is 3. The summed E-state index contributed by atoms with van der Waals surface area (Å²) in [5.74, 6) is -2.97. The lowest BCUT2D eigenvalue weighted by Gasteiger charge is -2.52. The summed E-state index contributed by atoms with van der Waals surface area (Å²) in [6.07, 6.45) is -2.90. The van der Waals surface area contributed by atoms with Crippen LogP contribution in [0, 0.1) is 0 Å². The van der Waals surface area contributed by atoms with Crippen LogP contribution in [-0.4, -0.2) is 63.4 Å². The van der Waals surface area contributed by atoms with E-state index in [4.69, 9.17) is 4.74 Å². The summed E-state index contributed by atoms with van der Waals surface area (Å²) < 4.78 is 10.1.